The largest absolute Gasteiger partial charge is 0.342 e. The lowest BCUT2D eigenvalue weighted by atomic mass is 9.94. The van der Waals surface area contributed by atoms with Gasteiger partial charge in [-0.3, -0.25) is 9.59 Å². The van der Waals surface area contributed by atoms with Gasteiger partial charge in [0.05, 0.1) is 0 Å². The Hall–Kier alpha value is -1.06. The van der Waals surface area contributed by atoms with Crippen molar-refractivity contribution >= 4 is 11.8 Å². The molecule has 1 aliphatic carbocycles. The molecule has 4 nitrogen and oxygen atoms in total. The van der Waals surface area contributed by atoms with E-state index in [0.29, 0.717) is 0 Å². The Balaban J connectivity index is 2.17. The van der Waals surface area contributed by atoms with Crippen LogP contribution in [0, 0.1) is 11.8 Å². The molecule has 4 atom stereocenters. The summed E-state index contributed by atoms with van der Waals surface area (Å²) >= 11 is 0. The maximum Gasteiger partial charge on any atom is 0.246 e. The number of hydrogen-bond donors (Lipinski definition) is 1. The summed E-state index contributed by atoms with van der Waals surface area (Å²) in [4.78, 5) is 26.8. The van der Waals surface area contributed by atoms with Crippen LogP contribution in [0.3, 0.4) is 0 Å². The summed E-state index contributed by atoms with van der Waals surface area (Å²) in [6, 6.07) is -0.426. The summed E-state index contributed by atoms with van der Waals surface area (Å²) in [6.45, 7) is 8.13. The molecule has 0 aromatic carbocycles. The van der Waals surface area contributed by atoms with E-state index in [9.17, 15) is 9.59 Å². The van der Waals surface area contributed by atoms with Crippen molar-refractivity contribution in [2.45, 2.75) is 77.9 Å². The van der Waals surface area contributed by atoms with E-state index in [1.807, 2.05) is 25.7 Å². The zero-order valence-electron chi connectivity index (χ0n) is 13.2. The average Bonchev–Trinajstić information content (AvgIpc) is 2.59. The predicted octanol–water partition coefficient (Wildman–Crippen LogP) is 2.33. The minimum absolute atomic E-state index is 0.000551. The Kier molecular flexibility index (Phi) is 4.71. The summed E-state index contributed by atoms with van der Waals surface area (Å²) in [5, 5.41) is 2.88. The first-order chi connectivity index (χ1) is 9.41. The van der Waals surface area contributed by atoms with E-state index in [-0.39, 0.29) is 35.9 Å². The Bertz CT molecular complexity index is 381. The van der Waals surface area contributed by atoms with Crippen molar-refractivity contribution in [3.05, 3.63) is 0 Å². The van der Waals surface area contributed by atoms with Crippen molar-refractivity contribution < 1.29 is 9.59 Å². The molecule has 2 fully saturated rings. The second-order valence-corrected chi connectivity index (χ2v) is 6.92. The van der Waals surface area contributed by atoms with Gasteiger partial charge in [0.2, 0.25) is 11.8 Å². The van der Waals surface area contributed by atoms with Crippen molar-refractivity contribution in [3.8, 4) is 0 Å². The van der Waals surface area contributed by atoms with Crippen LogP contribution in [0.1, 0.15) is 59.8 Å². The van der Waals surface area contributed by atoms with Crippen LogP contribution >= 0.6 is 0 Å². The highest BCUT2D eigenvalue weighted by Gasteiger charge is 2.42. The molecule has 1 heterocycles. The van der Waals surface area contributed by atoms with E-state index in [0.717, 1.165) is 31.6 Å². The number of hydrogen-bond acceptors (Lipinski definition) is 2. The van der Waals surface area contributed by atoms with Crippen LogP contribution in [0.5, 0.6) is 0 Å². The van der Waals surface area contributed by atoms with Gasteiger partial charge in [0.25, 0.3) is 0 Å². The van der Waals surface area contributed by atoms with E-state index < -0.39 is 0 Å². The van der Waals surface area contributed by atoms with Crippen molar-refractivity contribution in [2.24, 2.45) is 11.8 Å². The summed E-state index contributed by atoms with van der Waals surface area (Å²) < 4.78 is 0. The van der Waals surface area contributed by atoms with Crippen LogP contribution in [0.15, 0.2) is 0 Å². The number of nitrogens with zero attached hydrogens (tertiary/aromatic N) is 1. The van der Waals surface area contributed by atoms with Gasteiger partial charge in [-0.2, -0.15) is 0 Å². The van der Waals surface area contributed by atoms with Gasteiger partial charge in [-0.15, -0.1) is 0 Å². The van der Waals surface area contributed by atoms with Crippen molar-refractivity contribution in [1.29, 1.82) is 0 Å². The molecule has 2 amide bonds. The maximum atomic E-state index is 12.7. The van der Waals surface area contributed by atoms with Crippen LogP contribution in [0.25, 0.3) is 0 Å². The second-order valence-electron chi connectivity index (χ2n) is 6.92. The van der Waals surface area contributed by atoms with Gasteiger partial charge in [-0.1, -0.05) is 33.6 Å². The molecule has 0 bridgehead atoms. The topological polar surface area (TPSA) is 49.4 Å². The fourth-order valence-corrected chi connectivity index (χ4v) is 3.51. The molecule has 0 spiro atoms. The smallest absolute Gasteiger partial charge is 0.246 e. The zero-order valence-corrected chi connectivity index (χ0v) is 13.2. The van der Waals surface area contributed by atoms with Gasteiger partial charge in [0.1, 0.15) is 12.1 Å². The summed E-state index contributed by atoms with van der Waals surface area (Å²) in [7, 11) is 0. The number of piperazine rings is 1. The van der Waals surface area contributed by atoms with Gasteiger partial charge in [-0.05, 0) is 38.0 Å². The molecule has 0 aromatic rings. The molecule has 1 N–H and O–H groups in total. The van der Waals surface area contributed by atoms with Crippen LogP contribution in [0.2, 0.25) is 0 Å². The highest BCUT2D eigenvalue weighted by atomic mass is 16.2. The molecule has 20 heavy (non-hydrogen) atoms. The number of nitrogens with one attached hydrogen (secondary N) is 1. The fraction of sp³-hybridized carbons (Fsp3) is 0.875. The first-order valence-electron chi connectivity index (χ1n) is 8.04. The molecular weight excluding hydrogens is 252 g/mol. The third kappa shape index (κ3) is 2.99. The predicted molar refractivity (Wildman–Crippen MR) is 79.1 cm³/mol. The van der Waals surface area contributed by atoms with E-state index in [1.54, 1.807) is 0 Å². The molecule has 2 aliphatic rings. The minimum Gasteiger partial charge on any atom is -0.342 e. The lowest BCUT2D eigenvalue weighted by molar-refractivity contribution is -0.153. The molecule has 0 aromatic heterocycles. The second kappa shape index (κ2) is 6.15. The minimum atomic E-state index is -0.348. The fourth-order valence-electron chi connectivity index (χ4n) is 3.51. The first-order valence-corrected chi connectivity index (χ1v) is 8.04. The number of amides is 2. The summed E-state index contributed by atoms with van der Waals surface area (Å²) in [5.74, 6) is 1.00. The Morgan fingerprint density at radius 2 is 1.80 bits per heavy atom. The number of carbonyl (C=O) groups excluding carboxylic acids is 2. The third-order valence-electron chi connectivity index (χ3n) is 4.90. The Morgan fingerprint density at radius 1 is 1.10 bits per heavy atom. The van der Waals surface area contributed by atoms with Crippen molar-refractivity contribution in [1.82, 2.24) is 10.2 Å². The van der Waals surface area contributed by atoms with Gasteiger partial charge < -0.3 is 10.2 Å². The zero-order chi connectivity index (χ0) is 14.9. The van der Waals surface area contributed by atoms with E-state index in [1.165, 1.54) is 6.42 Å². The number of carbonyl (C=O) groups is 2. The lowest BCUT2D eigenvalue weighted by Gasteiger charge is -2.43. The van der Waals surface area contributed by atoms with Crippen molar-refractivity contribution in [2.75, 3.05) is 0 Å². The first kappa shape index (κ1) is 15.3. The van der Waals surface area contributed by atoms with Crippen LogP contribution < -0.4 is 5.32 Å². The van der Waals surface area contributed by atoms with Crippen LogP contribution in [-0.2, 0) is 9.59 Å². The molecule has 2 rings (SSSR count). The van der Waals surface area contributed by atoms with Crippen molar-refractivity contribution in [3.63, 3.8) is 0 Å². The Morgan fingerprint density at radius 3 is 2.45 bits per heavy atom. The van der Waals surface area contributed by atoms with Crippen LogP contribution in [-0.4, -0.2) is 34.8 Å². The van der Waals surface area contributed by atoms with Crippen LogP contribution in [0.4, 0.5) is 0 Å². The quantitative estimate of drug-likeness (QED) is 0.789. The highest BCUT2D eigenvalue weighted by molar-refractivity contribution is 5.97. The number of rotatable bonds is 2. The maximum absolute atomic E-state index is 12.7. The molecule has 1 saturated heterocycles. The lowest BCUT2D eigenvalue weighted by Crippen LogP contribution is -2.66. The average molecular weight is 280 g/mol. The molecule has 1 aliphatic heterocycles. The molecule has 0 radical (unpaired) electrons. The van der Waals surface area contributed by atoms with E-state index >= 15 is 0 Å². The van der Waals surface area contributed by atoms with Gasteiger partial charge in [0.15, 0.2) is 0 Å². The highest BCUT2D eigenvalue weighted by Crippen LogP contribution is 2.29. The summed E-state index contributed by atoms with van der Waals surface area (Å²) in [6.07, 6.45) is 5.64. The standard InChI is InChI=1S/C16H28N2O2/c1-10(2)14-16(20)18(12(4)15(19)17-14)13-7-5-6-11(3)8-9-13/h10-14H,5-9H2,1-4H3,(H,17,19). The van der Waals surface area contributed by atoms with E-state index in [4.69, 9.17) is 0 Å². The molecule has 4 heteroatoms. The SMILES string of the molecule is CC1CCCC(N2C(=O)C(C(C)C)NC(=O)C2C)CC1. The normalized spacial score (nSPS) is 36.0. The Labute approximate surface area is 122 Å². The monoisotopic (exact) mass is 280 g/mol. The van der Waals surface area contributed by atoms with Gasteiger partial charge in [0, 0.05) is 6.04 Å². The molecule has 114 valence electrons. The van der Waals surface area contributed by atoms with Gasteiger partial charge in [-0.25, -0.2) is 0 Å². The molecule has 4 unspecified atom stereocenters. The van der Waals surface area contributed by atoms with E-state index in [2.05, 4.69) is 12.2 Å². The molecule has 1 saturated carbocycles. The molecular formula is C16H28N2O2. The van der Waals surface area contributed by atoms with Gasteiger partial charge >= 0.3 is 0 Å². The summed E-state index contributed by atoms with van der Waals surface area (Å²) in [5.41, 5.74) is 0. The third-order valence-corrected chi connectivity index (χ3v) is 4.90.